The van der Waals surface area contributed by atoms with Crippen LogP contribution in [0.3, 0.4) is 0 Å². The highest BCUT2D eigenvalue weighted by Crippen LogP contribution is 2.22. The molecule has 2 aromatic rings. The van der Waals surface area contributed by atoms with E-state index in [1.165, 1.54) is 24.4 Å². The van der Waals surface area contributed by atoms with Crippen molar-refractivity contribution in [3.8, 4) is 0 Å². The maximum Gasteiger partial charge on any atom is 0.336 e. The molecule has 0 bridgehead atoms. The summed E-state index contributed by atoms with van der Waals surface area (Å²) in [5.74, 6) is -0.581. The average molecular weight is 265 g/mol. The van der Waals surface area contributed by atoms with E-state index in [0.29, 0.717) is 22.9 Å². The van der Waals surface area contributed by atoms with E-state index >= 15 is 0 Å². The van der Waals surface area contributed by atoms with Crippen LogP contribution in [-0.2, 0) is 6.42 Å². The number of nitrogens with zero attached hydrogens (tertiary/aromatic N) is 1. The maximum atomic E-state index is 13.1. The molecule has 0 saturated carbocycles. The summed E-state index contributed by atoms with van der Waals surface area (Å²) in [5, 5.41) is 9.79. The molecule has 0 aliphatic heterocycles. The molecule has 5 heteroatoms. The van der Waals surface area contributed by atoms with Gasteiger partial charge in [-0.15, -0.1) is 0 Å². The highest BCUT2D eigenvalue weighted by atomic mass is 32.2. The summed E-state index contributed by atoms with van der Waals surface area (Å²) < 4.78 is 13.1. The number of pyridine rings is 1. The molecule has 0 aliphatic carbocycles. The second-order valence-corrected chi connectivity index (χ2v) is 4.85. The van der Waals surface area contributed by atoms with Crippen molar-refractivity contribution < 1.29 is 14.3 Å². The molecule has 3 nitrogen and oxygen atoms in total. The van der Waals surface area contributed by atoms with Gasteiger partial charge in [0.15, 0.2) is 0 Å². The molecule has 1 aromatic heterocycles. The second-order valence-electron chi connectivity index (χ2n) is 3.87. The number of carboxylic acid groups (broad SMARTS) is 1. The van der Waals surface area contributed by atoms with E-state index in [-0.39, 0.29) is 5.56 Å². The third kappa shape index (κ3) is 2.46. The van der Waals surface area contributed by atoms with Crippen molar-refractivity contribution in [2.45, 2.75) is 6.42 Å². The summed E-state index contributed by atoms with van der Waals surface area (Å²) in [5.41, 5.74) is 1.30. The lowest BCUT2D eigenvalue weighted by atomic mass is 10.0. The van der Waals surface area contributed by atoms with Gasteiger partial charge in [0.05, 0.1) is 11.1 Å². The molecular formula is C13H12FNO2S. The molecule has 0 radical (unpaired) electrons. The molecule has 0 atom stereocenters. The summed E-state index contributed by atoms with van der Waals surface area (Å²) in [7, 11) is 0. The summed E-state index contributed by atoms with van der Waals surface area (Å²) >= 11 is 1.64. The summed E-state index contributed by atoms with van der Waals surface area (Å²) in [6, 6.07) is 3.98. The van der Waals surface area contributed by atoms with Crippen molar-refractivity contribution in [2.24, 2.45) is 0 Å². The van der Waals surface area contributed by atoms with Gasteiger partial charge in [0.2, 0.25) is 0 Å². The van der Waals surface area contributed by atoms with Crippen molar-refractivity contribution >= 4 is 28.6 Å². The quantitative estimate of drug-likeness (QED) is 0.923. The van der Waals surface area contributed by atoms with Crippen molar-refractivity contribution in [2.75, 3.05) is 12.0 Å². The van der Waals surface area contributed by atoms with E-state index in [9.17, 15) is 14.3 Å². The van der Waals surface area contributed by atoms with Gasteiger partial charge >= 0.3 is 5.97 Å². The first-order valence-corrected chi connectivity index (χ1v) is 6.82. The SMILES string of the molecule is CSCCc1cnc2cc(F)ccc2c1C(=O)O. The van der Waals surface area contributed by atoms with Gasteiger partial charge in [-0.1, -0.05) is 0 Å². The fraction of sp³-hybridized carbons (Fsp3) is 0.231. The molecule has 1 N–H and O–H groups in total. The molecule has 0 unspecified atom stereocenters. The fourth-order valence-corrected chi connectivity index (χ4v) is 2.29. The van der Waals surface area contributed by atoms with Crippen molar-refractivity contribution in [3.63, 3.8) is 0 Å². The molecule has 2 rings (SSSR count). The average Bonchev–Trinajstić information content (AvgIpc) is 2.35. The van der Waals surface area contributed by atoms with Gasteiger partial charge in [-0.05, 0) is 36.1 Å². The Morgan fingerprint density at radius 2 is 2.28 bits per heavy atom. The lowest BCUT2D eigenvalue weighted by molar-refractivity contribution is 0.0698. The zero-order valence-corrected chi connectivity index (χ0v) is 10.6. The van der Waals surface area contributed by atoms with Gasteiger partial charge in [-0.3, -0.25) is 4.98 Å². The highest BCUT2D eigenvalue weighted by molar-refractivity contribution is 7.98. The second kappa shape index (κ2) is 5.35. The zero-order chi connectivity index (χ0) is 13.1. The van der Waals surface area contributed by atoms with Crippen LogP contribution in [0.5, 0.6) is 0 Å². The number of aryl methyl sites for hydroxylation is 1. The van der Waals surface area contributed by atoms with Crippen molar-refractivity contribution in [3.05, 3.63) is 41.3 Å². The molecule has 0 aliphatic rings. The standard InChI is InChI=1S/C13H12FNO2S/c1-18-5-4-8-7-15-11-6-9(14)2-3-10(11)12(8)13(16)17/h2-3,6-7H,4-5H2,1H3,(H,16,17). The number of rotatable bonds is 4. The number of halogens is 1. The first kappa shape index (κ1) is 12.8. The normalized spacial score (nSPS) is 10.8. The Hall–Kier alpha value is -1.62. The molecule has 18 heavy (non-hydrogen) atoms. The Kier molecular flexibility index (Phi) is 3.81. The van der Waals surface area contributed by atoms with Crippen LogP contribution in [0, 0.1) is 5.82 Å². The van der Waals surface area contributed by atoms with E-state index in [2.05, 4.69) is 4.98 Å². The van der Waals surface area contributed by atoms with Crippen LogP contribution >= 0.6 is 11.8 Å². The highest BCUT2D eigenvalue weighted by Gasteiger charge is 2.15. The lowest BCUT2D eigenvalue weighted by Crippen LogP contribution is -2.06. The molecule has 1 heterocycles. The number of aromatic nitrogens is 1. The number of hydrogen-bond donors (Lipinski definition) is 1. The Morgan fingerprint density at radius 3 is 2.94 bits per heavy atom. The van der Waals surface area contributed by atoms with E-state index in [1.807, 2.05) is 6.26 Å². The van der Waals surface area contributed by atoms with Crippen LogP contribution in [0.1, 0.15) is 15.9 Å². The lowest BCUT2D eigenvalue weighted by Gasteiger charge is -2.08. The van der Waals surface area contributed by atoms with Gasteiger partial charge in [-0.2, -0.15) is 11.8 Å². The van der Waals surface area contributed by atoms with Crippen molar-refractivity contribution in [1.82, 2.24) is 4.98 Å². The van der Waals surface area contributed by atoms with E-state index in [4.69, 9.17) is 0 Å². The minimum absolute atomic E-state index is 0.231. The zero-order valence-electron chi connectivity index (χ0n) is 9.81. The Morgan fingerprint density at radius 1 is 1.50 bits per heavy atom. The minimum Gasteiger partial charge on any atom is -0.478 e. The van der Waals surface area contributed by atoms with Gasteiger partial charge in [0.25, 0.3) is 0 Å². The number of aromatic carboxylic acids is 1. The molecule has 0 saturated heterocycles. The summed E-state index contributed by atoms with van der Waals surface area (Å²) in [6.07, 6.45) is 4.13. The smallest absolute Gasteiger partial charge is 0.336 e. The van der Waals surface area contributed by atoms with Gasteiger partial charge < -0.3 is 5.11 Å². The van der Waals surface area contributed by atoms with Gasteiger partial charge in [-0.25, -0.2) is 9.18 Å². The minimum atomic E-state index is -0.995. The number of thioether (sulfide) groups is 1. The largest absolute Gasteiger partial charge is 0.478 e. The topological polar surface area (TPSA) is 50.2 Å². The molecule has 0 amide bonds. The number of hydrogen-bond acceptors (Lipinski definition) is 3. The van der Waals surface area contributed by atoms with Crippen LogP contribution in [0.25, 0.3) is 10.9 Å². The van der Waals surface area contributed by atoms with Crippen molar-refractivity contribution in [1.29, 1.82) is 0 Å². The van der Waals surface area contributed by atoms with Crippen LogP contribution in [-0.4, -0.2) is 28.1 Å². The molecule has 0 fully saturated rings. The van der Waals surface area contributed by atoms with E-state index in [1.54, 1.807) is 11.8 Å². The fourth-order valence-electron chi connectivity index (χ4n) is 1.86. The first-order valence-electron chi connectivity index (χ1n) is 5.43. The monoisotopic (exact) mass is 265 g/mol. The molecule has 0 spiro atoms. The van der Waals surface area contributed by atoms with E-state index in [0.717, 1.165) is 5.75 Å². The Labute approximate surface area is 108 Å². The number of carboxylic acids is 1. The predicted molar refractivity (Wildman–Crippen MR) is 70.7 cm³/mol. The van der Waals surface area contributed by atoms with Crippen LogP contribution in [0.2, 0.25) is 0 Å². The summed E-state index contributed by atoms with van der Waals surface area (Å²) in [4.78, 5) is 15.5. The number of benzene rings is 1. The Bertz CT molecular complexity index is 601. The van der Waals surface area contributed by atoms with Gasteiger partial charge in [0, 0.05) is 17.6 Å². The maximum absolute atomic E-state index is 13.1. The molecule has 94 valence electrons. The predicted octanol–water partition coefficient (Wildman–Crippen LogP) is 2.98. The number of fused-ring (bicyclic) bond motifs is 1. The third-order valence-electron chi connectivity index (χ3n) is 2.70. The number of carbonyl (C=O) groups is 1. The third-order valence-corrected chi connectivity index (χ3v) is 3.31. The van der Waals surface area contributed by atoms with Crippen LogP contribution < -0.4 is 0 Å². The van der Waals surface area contributed by atoms with Crippen LogP contribution in [0.4, 0.5) is 4.39 Å². The van der Waals surface area contributed by atoms with E-state index < -0.39 is 11.8 Å². The van der Waals surface area contributed by atoms with Crippen LogP contribution in [0.15, 0.2) is 24.4 Å². The van der Waals surface area contributed by atoms with Gasteiger partial charge in [0.1, 0.15) is 5.82 Å². The molecule has 1 aromatic carbocycles. The first-order chi connectivity index (χ1) is 8.63. The molecular weight excluding hydrogens is 253 g/mol. The summed E-state index contributed by atoms with van der Waals surface area (Å²) in [6.45, 7) is 0. The Balaban J connectivity index is 2.62.